The van der Waals surface area contributed by atoms with E-state index in [4.69, 9.17) is 49.7 Å². The molecule has 0 rings (SSSR count). The fourth-order valence-corrected chi connectivity index (χ4v) is 9.19. The van der Waals surface area contributed by atoms with Crippen molar-refractivity contribution in [1.82, 2.24) is 9.80 Å². The van der Waals surface area contributed by atoms with Gasteiger partial charge in [0.15, 0.2) is 0 Å². The van der Waals surface area contributed by atoms with E-state index in [0.29, 0.717) is 8.64 Å². The number of hydrogen-bond donors (Lipinski definition) is 0. The van der Waals surface area contributed by atoms with Gasteiger partial charge < -0.3 is 86.5 Å². The standard InChI is InChI=1S/2C27H55NS2.Mo.2S/c2*1-3-5-7-9-11-13-15-17-19-21-23-25-28(27(29)30)26-24-22-20-18-16-14-12-10-8-6-4-2;;;/h2*3-26H2,1-2H3,(H,29,30);;;/q;;;2*-2/p-2. The maximum absolute atomic E-state index is 5.32. The second-order valence-electron chi connectivity index (χ2n) is 18.6. The molecular weight excluding hydrogens is 965 g/mol. The minimum Gasteiger partial charge on any atom is -2.00 e. The van der Waals surface area contributed by atoms with Crippen LogP contribution in [0.5, 0.6) is 0 Å². The smallest absolute Gasteiger partial charge is 0.0162 e. The van der Waals surface area contributed by atoms with Crippen molar-refractivity contribution in [2.24, 2.45) is 0 Å². The van der Waals surface area contributed by atoms with Gasteiger partial charge in [0.25, 0.3) is 0 Å². The van der Waals surface area contributed by atoms with Crippen molar-refractivity contribution in [3.8, 4) is 0 Å². The fraction of sp³-hybridized carbons (Fsp3) is 0.963. The molecule has 382 valence electrons. The Bertz CT molecular complexity index is 720. The number of unbranched alkanes of at least 4 members (excludes halogenated alkanes) is 40. The summed E-state index contributed by atoms with van der Waals surface area (Å²) in [6.45, 7) is 13.5. The van der Waals surface area contributed by atoms with Crippen LogP contribution in [0.15, 0.2) is 0 Å². The van der Waals surface area contributed by atoms with E-state index in [1.165, 1.54) is 283 Å². The Hall–Kier alpha value is 1.61. The Morgan fingerprint density at radius 2 is 0.365 bits per heavy atom. The first kappa shape index (κ1) is 73.6. The molecule has 0 bridgehead atoms. The number of hydrogen-bond acceptors (Lipinski definition) is 4. The molecule has 63 heavy (non-hydrogen) atoms. The van der Waals surface area contributed by atoms with Gasteiger partial charge in [0.1, 0.15) is 0 Å². The summed E-state index contributed by atoms with van der Waals surface area (Å²) in [5.74, 6) is 0. The quantitative estimate of drug-likeness (QED) is 0.0257. The van der Waals surface area contributed by atoms with E-state index >= 15 is 0 Å². The summed E-state index contributed by atoms with van der Waals surface area (Å²) < 4.78 is 1.38. The average molecular weight is 1070 g/mol. The molecule has 0 aliphatic rings. The van der Waals surface area contributed by atoms with Crippen molar-refractivity contribution in [2.45, 2.75) is 310 Å². The topological polar surface area (TPSA) is 6.48 Å². The van der Waals surface area contributed by atoms with Crippen LogP contribution < -0.4 is 0 Å². The molecule has 0 aliphatic carbocycles. The van der Waals surface area contributed by atoms with Gasteiger partial charge in [-0.3, -0.25) is 0 Å². The van der Waals surface area contributed by atoms with E-state index in [0.717, 1.165) is 26.2 Å². The van der Waals surface area contributed by atoms with Crippen LogP contribution in [0.1, 0.15) is 310 Å². The average Bonchev–Trinajstić information content (AvgIpc) is 3.24. The third-order valence-corrected chi connectivity index (χ3v) is 13.7. The van der Waals surface area contributed by atoms with Crippen LogP contribution in [-0.4, -0.2) is 44.6 Å². The van der Waals surface area contributed by atoms with Crippen molar-refractivity contribution in [2.75, 3.05) is 26.2 Å². The maximum Gasteiger partial charge on any atom is 0.0162 e. The molecule has 0 atom stereocenters. The van der Waals surface area contributed by atoms with Gasteiger partial charge in [0, 0.05) is 47.2 Å². The number of thiocarbonyl (C=S) groups is 2. The molecular formula is C54H108MoN2S6-6. The van der Waals surface area contributed by atoms with Gasteiger partial charge in [0.05, 0.1) is 0 Å². The van der Waals surface area contributed by atoms with Crippen LogP contribution in [0.4, 0.5) is 0 Å². The second-order valence-corrected chi connectivity index (χ2v) is 20.7. The molecule has 2 nitrogen and oxygen atoms in total. The summed E-state index contributed by atoms with van der Waals surface area (Å²) in [7, 11) is 0. The molecule has 0 unspecified atom stereocenters. The first-order valence-electron chi connectivity index (χ1n) is 27.4. The zero-order chi connectivity index (χ0) is 44.3. The minimum atomic E-state index is 0. The number of nitrogens with zero attached hydrogens (tertiary/aromatic N) is 2. The van der Waals surface area contributed by atoms with Gasteiger partial charge in [0.2, 0.25) is 0 Å². The normalized spacial score (nSPS) is 10.6. The molecule has 0 aliphatic heterocycles. The number of rotatable bonds is 48. The Balaban J connectivity index is -0.000000340. The largest absolute Gasteiger partial charge is 2.00 e. The summed E-state index contributed by atoms with van der Waals surface area (Å²) >= 11 is 21.3. The molecule has 0 aromatic rings. The first-order valence-corrected chi connectivity index (χ1v) is 29.0. The van der Waals surface area contributed by atoms with Crippen molar-refractivity contribution < 1.29 is 21.1 Å². The first-order chi connectivity index (χ1) is 29.4. The molecule has 0 fully saturated rings. The Morgan fingerprint density at radius 3 is 0.476 bits per heavy atom. The van der Waals surface area contributed by atoms with Crippen LogP contribution in [-0.2, 0) is 73.3 Å². The SMILES string of the molecule is CCCCCCCCCCCCCN(CCCCCCCCCCCCC)C(=S)[S-].CCCCCCCCCCCCCN(CCCCCCCCCCCCC)C(=S)[S-].[Mo].[S-2].[S-2]. The fourth-order valence-electron chi connectivity index (χ4n) is 8.46. The molecule has 0 radical (unpaired) electrons. The Labute approximate surface area is 448 Å². The monoisotopic (exact) mass is 1070 g/mol. The third-order valence-electron chi connectivity index (χ3n) is 12.6. The minimum absolute atomic E-state index is 0. The Kier molecular flexibility index (Phi) is 76.7. The third kappa shape index (κ3) is 63.6. The van der Waals surface area contributed by atoms with Gasteiger partial charge >= 0.3 is 0 Å². The van der Waals surface area contributed by atoms with Crippen LogP contribution in [0, 0.1) is 0 Å². The summed E-state index contributed by atoms with van der Waals surface area (Å²) in [5.41, 5.74) is 0. The molecule has 0 aromatic carbocycles. The van der Waals surface area contributed by atoms with Gasteiger partial charge in [-0.25, -0.2) is 0 Å². The zero-order valence-corrected chi connectivity index (χ0v) is 49.6. The van der Waals surface area contributed by atoms with Crippen molar-refractivity contribution >= 4 is 85.3 Å². The van der Waals surface area contributed by atoms with E-state index in [2.05, 4.69) is 37.5 Å². The van der Waals surface area contributed by atoms with Crippen molar-refractivity contribution in [1.29, 1.82) is 0 Å². The summed E-state index contributed by atoms with van der Waals surface area (Å²) in [6, 6.07) is 0. The van der Waals surface area contributed by atoms with E-state index in [1.54, 1.807) is 0 Å². The van der Waals surface area contributed by atoms with Crippen LogP contribution >= 0.6 is 24.4 Å². The molecule has 0 saturated heterocycles. The molecule has 9 heteroatoms. The molecule has 0 spiro atoms. The van der Waals surface area contributed by atoms with E-state index in [1.807, 2.05) is 0 Å². The summed E-state index contributed by atoms with van der Waals surface area (Å²) in [5, 5.41) is 0. The van der Waals surface area contributed by atoms with Crippen LogP contribution in [0.25, 0.3) is 0 Å². The van der Waals surface area contributed by atoms with Crippen LogP contribution in [0.3, 0.4) is 0 Å². The van der Waals surface area contributed by atoms with E-state index in [9.17, 15) is 0 Å². The summed E-state index contributed by atoms with van der Waals surface area (Å²) in [6.07, 6.45) is 61.3. The predicted molar refractivity (Wildman–Crippen MR) is 304 cm³/mol. The Morgan fingerprint density at radius 1 is 0.254 bits per heavy atom. The van der Waals surface area contributed by atoms with E-state index < -0.39 is 0 Å². The predicted octanol–water partition coefficient (Wildman–Crippen LogP) is 19.5. The molecule has 0 N–H and O–H groups in total. The maximum atomic E-state index is 5.32. The molecule has 0 saturated carbocycles. The van der Waals surface area contributed by atoms with E-state index in [-0.39, 0.29) is 48.1 Å². The second kappa shape index (κ2) is 65.7. The van der Waals surface area contributed by atoms with Gasteiger partial charge in [-0.1, -0.05) is 293 Å². The van der Waals surface area contributed by atoms with Crippen molar-refractivity contribution in [3.63, 3.8) is 0 Å². The van der Waals surface area contributed by atoms with Gasteiger partial charge in [-0.15, -0.1) is 0 Å². The summed E-state index contributed by atoms with van der Waals surface area (Å²) in [4.78, 5) is 4.57. The molecule has 0 amide bonds. The van der Waals surface area contributed by atoms with Gasteiger partial charge in [-0.2, -0.15) is 0 Å². The van der Waals surface area contributed by atoms with Gasteiger partial charge in [-0.05, 0) is 25.7 Å². The molecule has 0 heterocycles. The van der Waals surface area contributed by atoms with Crippen molar-refractivity contribution in [3.05, 3.63) is 0 Å². The molecule has 0 aromatic heterocycles. The van der Waals surface area contributed by atoms with Crippen LogP contribution in [0.2, 0.25) is 0 Å². The zero-order valence-electron chi connectivity index (χ0n) is 42.7.